The Hall–Kier alpha value is -2.15. The van der Waals surface area contributed by atoms with Gasteiger partial charge < -0.3 is 5.32 Å². The normalized spacial score (nSPS) is 12.7. The largest absolute Gasteiger partial charge is 0.366 e. The zero-order chi connectivity index (χ0) is 17.0. The highest BCUT2D eigenvalue weighted by molar-refractivity contribution is 7.92. The zero-order valence-corrected chi connectivity index (χ0v) is 14.6. The van der Waals surface area contributed by atoms with E-state index in [0.717, 1.165) is 12.0 Å². The van der Waals surface area contributed by atoms with Crippen molar-refractivity contribution in [1.82, 2.24) is 10.2 Å². The fraction of sp³-hybridized carbons (Fsp3) is 0.375. The summed E-state index contributed by atoms with van der Waals surface area (Å²) >= 11 is 0. The van der Waals surface area contributed by atoms with Crippen LogP contribution in [0, 0.1) is 13.8 Å². The van der Waals surface area contributed by atoms with Crippen LogP contribution in [-0.2, 0) is 10.0 Å². The van der Waals surface area contributed by atoms with E-state index in [1.807, 2.05) is 19.9 Å². The molecule has 23 heavy (non-hydrogen) atoms. The molecule has 0 aliphatic rings. The van der Waals surface area contributed by atoms with E-state index in [-0.39, 0.29) is 16.8 Å². The minimum Gasteiger partial charge on any atom is -0.366 e. The first-order valence-corrected chi connectivity index (χ1v) is 9.00. The Morgan fingerprint density at radius 3 is 2.35 bits per heavy atom. The van der Waals surface area contributed by atoms with Crippen LogP contribution in [-0.4, -0.2) is 24.7 Å². The lowest BCUT2D eigenvalue weighted by Crippen LogP contribution is -2.17. The van der Waals surface area contributed by atoms with Crippen LogP contribution in [0.3, 0.4) is 0 Å². The number of nitrogens with one attached hydrogen (secondary N) is 2. The van der Waals surface area contributed by atoms with Gasteiger partial charge in [-0.25, -0.2) is 8.42 Å². The van der Waals surface area contributed by atoms with Gasteiger partial charge in [-0.3, -0.25) is 4.72 Å². The highest BCUT2D eigenvalue weighted by Crippen LogP contribution is 2.20. The lowest BCUT2D eigenvalue weighted by atomic mass is 10.2. The molecule has 0 aliphatic carbocycles. The van der Waals surface area contributed by atoms with E-state index >= 15 is 0 Å². The predicted molar refractivity (Wildman–Crippen MR) is 92.1 cm³/mol. The predicted octanol–water partition coefficient (Wildman–Crippen LogP) is 3.10. The smallest absolute Gasteiger partial charge is 0.263 e. The number of nitrogens with zero attached hydrogens (tertiary/aromatic N) is 2. The van der Waals surface area contributed by atoms with Gasteiger partial charge in [0.1, 0.15) is 5.82 Å². The molecule has 0 spiro atoms. The molecule has 7 heteroatoms. The standard InChI is InChI=1S/C16H22N4O2S/c1-5-13(4)17-15-8-9-16(19-18-15)20-23(21,22)14-10-11(2)6-7-12(14)3/h6-10,13H,5H2,1-4H3,(H,17,18)(H,19,20). The van der Waals surface area contributed by atoms with Gasteiger partial charge in [-0.1, -0.05) is 19.1 Å². The quantitative estimate of drug-likeness (QED) is 0.848. The first-order valence-electron chi connectivity index (χ1n) is 7.52. The number of aryl methyl sites for hydroxylation is 2. The van der Waals surface area contributed by atoms with Crippen LogP contribution in [0.4, 0.5) is 11.6 Å². The van der Waals surface area contributed by atoms with Gasteiger partial charge >= 0.3 is 0 Å². The molecular formula is C16H22N4O2S. The van der Waals surface area contributed by atoms with Gasteiger partial charge in [-0.05, 0) is 56.5 Å². The minimum absolute atomic E-state index is 0.195. The molecule has 0 bridgehead atoms. The van der Waals surface area contributed by atoms with Crippen LogP contribution in [0.2, 0.25) is 0 Å². The molecule has 2 rings (SSSR count). The van der Waals surface area contributed by atoms with Crippen LogP contribution in [0.1, 0.15) is 31.4 Å². The third kappa shape index (κ3) is 4.41. The number of rotatable bonds is 6. The topological polar surface area (TPSA) is 84.0 Å². The number of sulfonamides is 1. The second-order valence-corrected chi connectivity index (χ2v) is 7.28. The lowest BCUT2D eigenvalue weighted by molar-refractivity contribution is 0.600. The molecule has 0 radical (unpaired) electrons. The van der Waals surface area contributed by atoms with Crippen LogP contribution in [0.25, 0.3) is 0 Å². The van der Waals surface area contributed by atoms with Crippen molar-refractivity contribution in [2.24, 2.45) is 0 Å². The summed E-state index contributed by atoms with van der Waals surface area (Å²) in [6, 6.07) is 8.89. The average molecular weight is 334 g/mol. The summed E-state index contributed by atoms with van der Waals surface area (Å²) in [5, 5.41) is 11.1. The molecule has 1 atom stereocenters. The summed E-state index contributed by atoms with van der Waals surface area (Å²) in [4.78, 5) is 0.251. The summed E-state index contributed by atoms with van der Waals surface area (Å²) in [5.74, 6) is 0.814. The molecule has 2 aromatic rings. The van der Waals surface area contributed by atoms with Gasteiger partial charge in [0.2, 0.25) is 0 Å². The molecule has 1 aromatic heterocycles. The van der Waals surface area contributed by atoms with Crippen molar-refractivity contribution >= 4 is 21.7 Å². The molecule has 0 aliphatic heterocycles. The molecule has 0 saturated heterocycles. The van der Waals surface area contributed by atoms with Gasteiger partial charge in [-0.15, -0.1) is 10.2 Å². The molecule has 2 N–H and O–H groups in total. The molecular weight excluding hydrogens is 312 g/mol. The van der Waals surface area contributed by atoms with Gasteiger partial charge in [-0.2, -0.15) is 0 Å². The maximum atomic E-state index is 12.5. The molecule has 0 saturated carbocycles. The van der Waals surface area contributed by atoms with Crippen LogP contribution < -0.4 is 10.0 Å². The van der Waals surface area contributed by atoms with E-state index < -0.39 is 10.0 Å². The van der Waals surface area contributed by atoms with Crippen molar-refractivity contribution in [2.45, 2.75) is 45.1 Å². The molecule has 6 nitrogen and oxygen atoms in total. The van der Waals surface area contributed by atoms with Crippen LogP contribution in [0.5, 0.6) is 0 Å². The van der Waals surface area contributed by atoms with Gasteiger partial charge in [0.25, 0.3) is 10.0 Å². The summed E-state index contributed by atoms with van der Waals surface area (Å²) in [7, 11) is -3.68. The molecule has 0 amide bonds. The van der Waals surface area contributed by atoms with Crippen molar-refractivity contribution in [3.63, 3.8) is 0 Å². The fourth-order valence-corrected chi connectivity index (χ4v) is 3.33. The van der Waals surface area contributed by atoms with E-state index in [9.17, 15) is 8.42 Å². The Morgan fingerprint density at radius 2 is 1.74 bits per heavy atom. The maximum Gasteiger partial charge on any atom is 0.263 e. The number of hydrogen-bond donors (Lipinski definition) is 2. The number of aromatic nitrogens is 2. The van der Waals surface area contributed by atoms with Crippen molar-refractivity contribution < 1.29 is 8.42 Å². The summed E-state index contributed by atoms with van der Waals surface area (Å²) in [6.07, 6.45) is 0.961. The van der Waals surface area contributed by atoms with E-state index in [2.05, 4.69) is 27.2 Å². The number of benzene rings is 1. The van der Waals surface area contributed by atoms with Crippen LogP contribution >= 0.6 is 0 Å². The summed E-state index contributed by atoms with van der Waals surface area (Å²) < 4.78 is 27.4. The minimum atomic E-state index is -3.68. The van der Waals surface area contributed by atoms with Crippen molar-refractivity contribution in [2.75, 3.05) is 10.0 Å². The van der Waals surface area contributed by atoms with Gasteiger partial charge in [0.15, 0.2) is 5.82 Å². The second-order valence-electron chi connectivity index (χ2n) is 5.63. The Bertz CT molecular complexity index is 773. The van der Waals surface area contributed by atoms with E-state index in [4.69, 9.17) is 0 Å². The molecule has 124 valence electrons. The first-order chi connectivity index (χ1) is 10.8. The van der Waals surface area contributed by atoms with Crippen molar-refractivity contribution in [3.8, 4) is 0 Å². The Labute approximate surface area is 137 Å². The Kier molecular flexibility index (Phi) is 5.20. The third-order valence-electron chi connectivity index (χ3n) is 3.54. The Balaban J connectivity index is 2.19. The number of hydrogen-bond acceptors (Lipinski definition) is 5. The third-order valence-corrected chi connectivity index (χ3v) is 5.04. The zero-order valence-electron chi connectivity index (χ0n) is 13.8. The maximum absolute atomic E-state index is 12.5. The highest BCUT2D eigenvalue weighted by atomic mass is 32.2. The first kappa shape index (κ1) is 17.2. The Morgan fingerprint density at radius 1 is 1.09 bits per heavy atom. The lowest BCUT2D eigenvalue weighted by Gasteiger charge is -2.12. The molecule has 0 fully saturated rings. The fourth-order valence-electron chi connectivity index (χ4n) is 2.01. The summed E-state index contributed by atoms with van der Waals surface area (Å²) in [6.45, 7) is 7.73. The average Bonchev–Trinajstić information content (AvgIpc) is 2.51. The van der Waals surface area contributed by atoms with Crippen molar-refractivity contribution in [3.05, 3.63) is 41.5 Å². The van der Waals surface area contributed by atoms with E-state index in [1.54, 1.807) is 31.2 Å². The van der Waals surface area contributed by atoms with Gasteiger partial charge in [0, 0.05) is 6.04 Å². The monoisotopic (exact) mass is 334 g/mol. The van der Waals surface area contributed by atoms with E-state index in [1.165, 1.54) is 0 Å². The molecule has 1 unspecified atom stereocenters. The van der Waals surface area contributed by atoms with Crippen LogP contribution in [0.15, 0.2) is 35.2 Å². The summed E-state index contributed by atoms with van der Waals surface area (Å²) in [5.41, 5.74) is 1.57. The SMILES string of the molecule is CCC(C)Nc1ccc(NS(=O)(=O)c2cc(C)ccc2C)nn1. The van der Waals surface area contributed by atoms with E-state index in [0.29, 0.717) is 11.4 Å². The van der Waals surface area contributed by atoms with Crippen molar-refractivity contribution in [1.29, 1.82) is 0 Å². The second kappa shape index (κ2) is 6.95. The highest BCUT2D eigenvalue weighted by Gasteiger charge is 2.18. The molecule has 1 heterocycles. The molecule has 1 aromatic carbocycles. The number of anilines is 2. The van der Waals surface area contributed by atoms with Gasteiger partial charge in [0.05, 0.1) is 4.90 Å².